The maximum Gasteiger partial charge on any atom is 0.311 e. The van der Waals surface area contributed by atoms with E-state index in [4.69, 9.17) is 9.16 Å². The quantitative estimate of drug-likeness (QED) is 0.368. The zero-order valence-electron chi connectivity index (χ0n) is 20.3. The summed E-state index contributed by atoms with van der Waals surface area (Å²) < 4.78 is 12.6. The first-order valence-electron chi connectivity index (χ1n) is 11.4. The molecule has 2 saturated carbocycles. The van der Waals surface area contributed by atoms with Crippen molar-refractivity contribution in [3.8, 4) is 0 Å². The molecule has 0 aliphatic heterocycles. The van der Waals surface area contributed by atoms with Gasteiger partial charge in [0.25, 0.3) is 0 Å². The van der Waals surface area contributed by atoms with Crippen LogP contribution in [0.2, 0.25) is 18.1 Å². The van der Waals surface area contributed by atoms with Crippen LogP contribution in [0.3, 0.4) is 0 Å². The maximum absolute atomic E-state index is 12.2. The number of ether oxygens (including phenoxy) is 1. The summed E-state index contributed by atoms with van der Waals surface area (Å²) in [4.78, 5) is 12.2. The largest absolute Gasteiger partial charge is 0.465 e. The molecule has 0 N–H and O–H groups in total. The average molecular weight is 411 g/mol. The molecule has 2 fully saturated rings. The van der Waals surface area contributed by atoms with Crippen LogP contribution in [-0.4, -0.2) is 27.0 Å². The molecule has 3 nitrogen and oxygen atoms in total. The summed E-state index contributed by atoms with van der Waals surface area (Å²) in [5.74, 6) is 1.60. The van der Waals surface area contributed by atoms with Crippen molar-refractivity contribution in [1.82, 2.24) is 0 Å². The highest BCUT2D eigenvalue weighted by atomic mass is 28.4. The van der Waals surface area contributed by atoms with Crippen molar-refractivity contribution in [2.24, 2.45) is 28.6 Å². The molecular weight excluding hydrogens is 364 g/mol. The fourth-order valence-corrected chi connectivity index (χ4v) is 6.72. The second-order valence-electron chi connectivity index (χ2n) is 12.4. The third-order valence-corrected chi connectivity index (χ3v) is 12.7. The van der Waals surface area contributed by atoms with Gasteiger partial charge in [-0.25, -0.2) is 0 Å². The molecule has 0 aromatic heterocycles. The molecule has 0 saturated heterocycles. The van der Waals surface area contributed by atoms with E-state index >= 15 is 0 Å². The number of esters is 1. The Labute approximate surface area is 175 Å². The van der Waals surface area contributed by atoms with E-state index in [0.29, 0.717) is 35.9 Å². The Morgan fingerprint density at radius 3 is 2.25 bits per heavy atom. The summed E-state index contributed by atoms with van der Waals surface area (Å²) in [6, 6.07) is 0. The molecule has 0 unspecified atom stereocenters. The van der Waals surface area contributed by atoms with Gasteiger partial charge < -0.3 is 9.16 Å². The number of fused-ring (bicyclic) bond motifs is 1. The van der Waals surface area contributed by atoms with Gasteiger partial charge in [-0.3, -0.25) is 4.79 Å². The molecule has 28 heavy (non-hydrogen) atoms. The van der Waals surface area contributed by atoms with Crippen molar-refractivity contribution in [2.75, 3.05) is 6.61 Å². The molecule has 0 aromatic rings. The van der Waals surface area contributed by atoms with E-state index in [1.165, 1.54) is 32.1 Å². The van der Waals surface area contributed by atoms with Crippen molar-refractivity contribution in [3.63, 3.8) is 0 Å². The van der Waals surface area contributed by atoms with Gasteiger partial charge in [0.05, 0.1) is 12.0 Å². The molecule has 164 valence electrons. The molecule has 0 heterocycles. The summed E-state index contributed by atoms with van der Waals surface area (Å²) in [5.41, 5.74) is -0.104. The van der Waals surface area contributed by atoms with Crippen molar-refractivity contribution < 1.29 is 14.0 Å². The van der Waals surface area contributed by atoms with Gasteiger partial charge in [-0.15, -0.1) is 0 Å². The molecule has 2 rings (SSSR count). The summed E-state index contributed by atoms with van der Waals surface area (Å²) in [6.45, 7) is 22.9. The smallest absolute Gasteiger partial charge is 0.311 e. The Bertz CT molecular complexity index is 557. The lowest BCUT2D eigenvalue weighted by molar-refractivity contribution is -0.155. The fourth-order valence-electron chi connectivity index (χ4n) is 5.33. The number of hydrogen-bond donors (Lipinski definition) is 0. The van der Waals surface area contributed by atoms with E-state index in [9.17, 15) is 4.79 Å². The van der Waals surface area contributed by atoms with Crippen LogP contribution >= 0.6 is 0 Å². The molecule has 0 bridgehead atoms. The number of hydrogen-bond acceptors (Lipinski definition) is 3. The normalized spacial score (nSPS) is 32.7. The Morgan fingerprint density at radius 1 is 1.11 bits per heavy atom. The van der Waals surface area contributed by atoms with Crippen molar-refractivity contribution in [3.05, 3.63) is 0 Å². The first-order valence-corrected chi connectivity index (χ1v) is 14.4. The lowest BCUT2D eigenvalue weighted by Gasteiger charge is -2.49. The Balaban J connectivity index is 2.07. The average Bonchev–Trinajstić information content (AvgIpc) is 2.88. The second-order valence-corrected chi connectivity index (χ2v) is 17.2. The van der Waals surface area contributed by atoms with Crippen molar-refractivity contribution in [1.29, 1.82) is 0 Å². The third-order valence-electron chi connectivity index (χ3n) is 8.16. The minimum Gasteiger partial charge on any atom is -0.465 e. The molecular formula is C24H46O3Si. The summed E-state index contributed by atoms with van der Waals surface area (Å²) in [6.07, 6.45) is 6.68. The van der Waals surface area contributed by atoms with Crippen molar-refractivity contribution >= 4 is 14.3 Å². The topological polar surface area (TPSA) is 35.5 Å². The first kappa shape index (κ1) is 23.9. The minimum atomic E-state index is -1.75. The minimum absolute atomic E-state index is 0.0816. The van der Waals surface area contributed by atoms with Crippen LogP contribution in [0.5, 0.6) is 0 Å². The summed E-state index contributed by atoms with van der Waals surface area (Å²) in [7, 11) is -1.75. The first-order chi connectivity index (χ1) is 12.6. The van der Waals surface area contributed by atoms with Gasteiger partial charge >= 0.3 is 5.97 Å². The molecule has 0 radical (unpaired) electrons. The van der Waals surface area contributed by atoms with Crippen LogP contribution in [0, 0.1) is 28.6 Å². The van der Waals surface area contributed by atoms with Crippen LogP contribution in [0.15, 0.2) is 0 Å². The van der Waals surface area contributed by atoms with Gasteiger partial charge in [0.15, 0.2) is 8.32 Å². The lowest BCUT2D eigenvalue weighted by Crippen LogP contribution is -2.50. The highest BCUT2D eigenvalue weighted by molar-refractivity contribution is 6.74. The Kier molecular flexibility index (Phi) is 6.88. The van der Waals surface area contributed by atoms with Gasteiger partial charge in [0, 0.05) is 6.10 Å². The number of carbonyl (C=O) groups is 1. The van der Waals surface area contributed by atoms with E-state index in [1.807, 2.05) is 20.8 Å². The SMILES string of the molecule is C[C@H](COC(=O)C(C)(C)C)[C@H]1CC[C@H]2[C@@H](O[Si](C)(C)C(C)(C)C)CCC[C@]12C. The van der Waals surface area contributed by atoms with Crippen LogP contribution in [0.4, 0.5) is 0 Å². The maximum atomic E-state index is 12.2. The summed E-state index contributed by atoms with van der Waals surface area (Å²) >= 11 is 0. The predicted molar refractivity (Wildman–Crippen MR) is 120 cm³/mol. The van der Waals surface area contributed by atoms with Gasteiger partial charge in [-0.1, -0.05) is 41.0 Å². The number of carbonyl (C=O) groups excluding carboxylic acids is 1. The van der Waals surface area contributed by atoms with Crippen LogP contribution in [-0.2, 0) is 14.0 Å². The third kappa shape index (κ3) is 4.86. The van der Waals surface area contributed by atoms with Crippen LogP contribution in [0.25, 0.3) is 0 Å². The molecule has 2 aliphatic carbocycles. The summed E-state index contributed by atoms with van der Waals surface area (Å²) in [5, 5.41) is 0.257. The van der Waals surface area contributed by atoms with E-state index in [-0.39, 0.29) is 11.0 Å². The Hall–Kier alpha value is -0.353. The molecule has 0 spiro atoms. The number of rotatable bonds is 5. The second kappa shape index (κ2) is 8.06. The van der Waals surface area contributed by atoms with Crippen molar-refractivity contribution in [2.45, 2.75) is 112 Å². The fraction of sp³-hybridized carbons (Fsp3) is 0.958. The lowest BCUT2D eigenvalue weighted by atomic mass is 9.62. The Morgan fingerprint density at radius 2 is 1.71 bits per heavy atom. The van der Waals surface area contributed by atoms with E-state index < -0.39 is 13.7 Å². The standard InChI is InChI=1S/C24H46O3Si/c1-17(16-26-21(25)22(2,3)4)18-13-14-19-20(12-11-15-24(18,19)8)27-28(9,10)23(5,6)7/h17-20H,11-16H2,1-10H3/t17-,18-,19+,20+,24-/m1/s1. The highest BCUT2D eigenvalue weighted by Crippen LogP contribution is 2.59. The van der Waals surface area contributed by atoms with E-state index in [2.05, 4.69) is 47.7 Å². The molecule has 4 heteroatoms. The highest BCUT2D eigenvalue weighted by Gasteiger charge is 2.54. The zero-order valence-corrected chi connectivity index (χ0v) is 21.3. The van der Waals surface area contributed by atoms with Gasteiger partial charge in [-0.2, -0.15) is 0 Å². The van der Waals surface area contributed by atoms with Crippen LogP contribution < -0.4 is 0 Å². The molecule has 2 aliphatic rings. The monoisotopic (exact) mass is 410 g/mol. The molecule has 0 amide bonds. The van der Waals surface area contributed by atoms with Crippen LogP contribution in [0.1, 0.15) is 87.5 Å². The molecule has 0 aromatic carbocycles. The van der Waals surface area contributed by atoms with E-state index in [0.717, 1.165) is 0 Å². The van der Waals surface area contributed by atoms with E-state index in [1.54, 1.807) is 0 Å². The van der Waals surface area contributed by atoms with Gasteiger partial charge in [-0.05, 0) is 87.8 Å². The van der Waals surface area contributed by atoms with Gasteiger partial charge in [0.2, 0.25) is 0 Å². The zero-order chi connectivity index (χ0) is 21.5. The molecule has 5 atom stereocenters. The predicted octanol–water partition coefficient (Wildman–Crippen LogP) is 6.82. The van der Waals surface area contributed by atoms with Gasteiger partial charge in [0.1, 0.15) is 0 Å².